The molecule has 0 aliphatic carbocycles. The van der Waals surface area contributed by atoms with Crippen LogP contribution in [0.15, 0.2) is 18.3 Å². The Morgan fingerprint density at radius 2 is 1.90 bits per heavy atom. The predicted molar refractivity (Wildman–Crippen MR) is 118 cm³/mol. The van der Waals surface area contributed by atoms with Crippen molar-refractivity contribution >= 4 is 46.5 Å². The lowest BCUT2D eigenvalue weighted by atomic mass is 10.2. The number of hydrogen-bond donors (Lipinski definition) is 1. The average Bonchev–Trinajstić information content (AvgIpc) is 3.08. The highest BCUT2D eigenvalue weighted by Crippen LogP contribution is 2.36. The molecule has 2 rings (SSSR count). The molecule has 1 N–H and O–H groups in total. The highest BCUT2D eigenvalue weighted by molar-refractivity contribution is 6.48. The molecular formula is C20H24Cl3N5O. The monoisotopic (exact) mass is 455 g/mol. The van der Waals surface area contributed by atoms with Crippen LogP contribution in [0.2, 0.25) is 15.1 Å². The van der Waals surface area contributed by atoms with Gasteiger partial charge in [0, 0.05) is 25.6 Å². The number of nitrogens with one attached hydrogen (secondary N) is 1. The van der Waals surface area contributed by atoms with Crippen LogP contribution < -0.4 is 5.32 Å². The van der Waals surface area contributed by atoms with Crippen molar-refractivity contribution in [1.82, 2.24) is 14.7 Å². The van der Waals surface area contributed by atoms with E-state index in [0.717, 1.165) is 25.9 Å². The van der Waals surface area contributed by atoms with Crippen LogP contribution in [-0.2, 0) is 4.79 Å². The maximum absolute atomic E-state index is 12.7. The minimum absolute atomic E-state index is 0.0749. The summed E-state index contributed by atoms with van der Waals surface area (Å²) >= 11 is 18.5. The summed E-state index contributed by atoms with van der Waals surface area (Å²) in [6.45, 7) is 7.47. The quantitative estimate of drug-likeness (QED) is 0.502. The van der Waals surface area contributed by atoms with Crippen LogP contribution in [0, 0.1) is 11.3 Å². The number of nitrogens with zero attached hydrogens (tertiary/aromatic N) is 4. The maximum Gasteiger partial charge on any atom is 0.224 e. The van der Waals surface area contributed by atoms with E-state index in [1.165, 1.54) is 10.9 Å². The molecule has 0 radical (unpaired) electrons. The molecule has 1 unspecified atom stereocenters. The SMILES string of the molecule is CCCN(CCC)C(=O)CC(C)Nc1c(C#N)cnn1-c1ccc(Cl)c(Cl)c1Cl. The lowest BCUT2D eigenvalue weighted by Crippen LogP contribution is -2.36. The van der Waals surface area contributed by atoms with E-state index in [1.807, 2.05) is 11.8 Å². The molecule has 0 saturated carbocycles. The van der Waals surface area contributed by atoms with Crippen LogP contribution in [0.25, 0.3) is 5.69 Å². The number of rotatable bonds is 9. The number of anilines is 1. The van der Waals surface area contributed by atoms with Gasteiger partial charge in [0.05, 0.1) is 27.0 Å². The second kappa shape index (κ2) is 10.7. The second-order valence-electron chi connectivity index (χ2n) is 6.76. The smallest absolute Gasteiger partial charge is 0.224 e. The van der Waals surface area contributed by atoms with Gasteiger partial charge in [0.2, 0.25) is 5.91 Å². The van der Waals surface area contributed by atoms with Gasteiger partial charge in [-0.15, -0.1) is 0 Å². The van der Waals surface area contributed by atoms with Crippen LogP contribution in [0.1, 0.15) is 45.6 Å². The summed E-state index contributed by atoms with van der Waals surface area (Å²) < 4.78 is 1.50. The summed E-state index contributed by atoms with van der Waals surface area (Å²) in [5.74, 6) is 0.525. The van der Waals surface area contributed by atoms with Crippen molar-refractivity contribution in [2.45, 2.75) is 46.1 Å². The van der Waals surface area contributed by atoms with Crippen molar-refractivity contribution in [3.8, 4) is 11.8 Å². The van der Waals surface area contributed by atoms with E-state index < -0.39 is 0 Å². The molecule has 0 fully saturated rings. The van der Waals surface area contributed by atoms with Crippen LogP contribution in [0.3, 0.4) is 0 Å². The lowest BCUT2D eigenvalue weighted by Gasteiger charge is -2.24. The van der Waals surface area contributed by atoms with Gasteiger partial charge in [-0.05, 0) is 31.9 Å². The molecule has 1 aromatic heterocycles. The zero-order valence-electron chi connectivity index (χ0n) is 16.7. The number of benzene rings is 1. The molecule has 0 saturated heterocycles. The molecule has 156 valence electrons. The zero-order chi connectivity index (χ0) is 21.6. The van der Waals surface area contributed by atoms with Crippen molar-refractivity contribution in [3.63, 3.8) is 0 Å². The Bertz CT molecular complexity index is 900. The number of amides is 1. The summed E-state index contributed by atoms with van der Waals surface area (Å²) in [4.78, 5) is 14.5. The summed E-state index contributed by atoms with van der Waals surface area (Å²) in [5, 5.41) is 17.7. The van der Waals surface area contributed by atoms with Gasteiger partial charge < -0.3 is 10.2 Å². The van der Waals surface area contributed by atoms with E-state index in [2.05, 4.69) is 30.3 Å². The molecular weight excluding hydrogens is 433 g/mol. The van der Waals surface area contributed by atoms with Crippen LogP contribution in [-0.4, -0.2) is 39.7 Å². The molecule has 9 heteroatoms. The summed E-state index contributed by atoms with van der Waals surface area (Å²) in [7, 11) is 0. The van der Waals surface area contributed by atoms with Crippen molar-refractivity contribution in [2.75, 3.05) is 18.4 Å². The van der Waals surface area contributed by atoms with Crippen LogP contribution in [0.4, 0.5) is 5.82 Å². The van der Waals surface area contributed by atoms with Gasteiger partial charge in [0.25, 0.3) is 0 Å². The predicted octanol–water partition coefficient (Wildman–Crippen LogP) is 5.54. The van der Waals surface area contributed by atoms with E-state index in [1.54, 1.807) is 12.1 Å². The molecule has 29 heavy (non-hydrogen) atoms. The Labute approximate surface area is 186 Å². The van der Waals surface area contributed by atoms with E-state index in [-0.39, 0.29) is 22.0 Å². The summed E-state index contributed by atoms with van der Waals surface area (Å²) in [6, 6.07) is 5.18. The third-order valence-electron chi connectivity index (χ3n) is 4.34. The number of carbonyl (C=O) groups excluding carboxylic acids is 1. The fraction of sp³-hybridized carbons (Fsp3) is 0.450. The number of halogens is 3. The molecule has 1 atom stereocenters. The number of nitriles is 1. The van der Waals surface area contributed by atoms with Gasteiger partial charge in [-0.1, -0.05) is 48.7 Å². The molecule has 6 nitrogen and oxygen atoms in total. The first kappa shape index (κ1) is 23.3. The number of aromatic nitrogens is 2. The third kappa shape index (κ3) is 5.57. The number of hydrogen-bond acceptors (Lipinski definition) is 4. The fourth-order valence-electron chi connectivity index (χ4n) is 3.01. The Hall–Kier alpha value is -1.94. The molecule has 1 aromatic carbocycles. The molecule has 0 bridgehead atoms. The Morgan fingerprint density at radius 1 is 1.24 bits per heavy atom. The lowest BCUT2D eigenvalue weighted by molar-refractivity contribution is -0.131. The van der Waals surface area contributed by atoms with Crippen LogP contribution >= 0.6 is 34.8 Å². The highest BCUT2D eigenvalue weighted by atomic mass is 35.5. The zero-order valence-corrected chi connectivity index (χ0v) is 18.9. The van der Waals surface area contributed by atoms with Gasteiger partial charge >= 0.3 is 0 Å². The Morgan fingerprint density at radius 3 is 2.48 bits per heavy atom. The van der Waals surface area contributed by atoms with Gasteiger partial charge in [0.1, 0.15) is 17.5 Å². The van der Waals surface area contributed by atoms with Gasteiger partial charge in [-0.2, -0.15) is 10.4 Å². The first-order valence-corrected chi connectivity index (χ1v) is 10.6. The Balaban J connectivity index is 2.27. The molecule has 0 aliphatic rings. The molecule has 0 spiro atoms. The molecule has 0 aliphatic heterocycles. The summed E-state index contributed by atoms with van der Waals surface area (Å²) in [6.07, 6.45) is 3.56. The van der Waals surface area contributed by atoms with Crippen molar-refractivity contribution in [2.24, 2.45) is 0 Å². The minimum Gasteiger partial charge on any atom is -0.366 e. The van der Waals surface area contributed by atoms with Crippen LogP contribution in [0.5, 0.6) is 0 Å². The third-order valence-corrected chi connectivity index (χ3v) is 5.62. The standard InChI is InChI=1S/C20H24Cl3N5O/c1-4-8-27(9-5-2)17(29)10-13(3)26-20-14(11-24)12-25-28(20)16-7-6-15(21)18(22)19(16)23/h6-7,12-13,26H,4-5,8-10H2,1-3H3. The van der Waals surface area contributed by atoms with E-state index in [4.69, 9.17) is 34.8 Å². The van der Waals surface area contributed by atoms with Gasteiger partial charge in [-0.25, -0.2) is 4.68 Å². The van der Waals surface area contributed by atoms with Crippen molar-refractivity contribution < 1.29 is 4.79 Å². The first-order valence-electron chi connectivity index (χ1n) is 9.50. The van der Waals surface area contributed by atoms with Crippen molar-refractivity contribution in [3.05, 3.63) is 39.0 Å². The normalized spacial score (nSPS) is 11.8. The molecule has 2 aromatic rings. The van der Waals surface area contributed by atoms with Gasteiger partial charge in [0.15, 0.2) is 0 Å². The topological polar surface area (TPSA) is 74.0 Å². The first-order chi connectivity index (χ1) is 13.8. The van der Waals surface area contributed by atoms with E-state index >= 15 is 0 Å². The maximum atomic E-state index is 12.7. The largest absolute Gasteiger partial charge is 0.366 e. The number of carbonyl (C=O) groups is 1. The second-order valence-corrected chi connectivity index (χ2v) is 7.92. The minimum atomic E-state index is -0.220. The average molecular weight is 457 g/mol. The fourth-order valence-corrected chi connectivity index (χ4v) is 3.62. The molecule has 1 amide bonds. The highest BCUT2D eigenvalue weighted by Gasteiger charge is 2.21. The van der Waals surface area contributed by atoms with Crippen molar-refractivity contribution in [1.29, 1.82) is 5.26 Å². The van der Waals surface area contributed by atoms with E-state index in [9.17, 15) is 10.1 Å². The Kier molecular flexibility index (Phi) is 8.63. The molecule has 1 heterocycles. The van der Waals surface area contributed by atoms with E-state index in [0.29, 0.717) is 28.5 Å². The summed E-state index contributed by atoms with van der Waals surface area (Å²) in [5.41, 5.74) is 0.826. The van der Waals surface area contributed by atoms with Gasteiger partial charge in [-0.3, -0.25) is 4.79 Å².